The zero-order chi connectivity index (χ0) is 10.6. The maximum atomic E-state index is 11.6. The van der Waals surface area contributed by atoms with Gasteiger partial charge in [0, 0.05) is 18.2 Å². The normalized spacial score (nSPS) is 12.8. The Morgan fingerprint density at radius 3 is 2.86 bits per heavy atom. The molecule has 1 aromatic heterocycles. The summed E-state index contributed by atoms with van der Waals surface area (Å²) in [7, 11) is 0. The van der Waals surface area contributed by atoms with Gasteiger partial charge in [-0.2, -0.15) is 0 Å². The Morgan fingerprint density at radius 2 is 2.36 bits per heavy atom. The van der Waals surface area contributed by atoms with Crippen LogP contribution in [0.1, 0.15) is 37.4 Å². The standard InChI is InChI=1S/C11H17NOS/c1-4-8(2)5-11(13)6-10-7-14-9(3)12-10/h7-8H,4-6H2,1-3H3. The largest absolute Gasteiger partial charge is 0.299 e. The van der Waals surface area contributed by atoms with Gasteiger partial charge in [0.1, 0.15) is 5.78 Å². The van der Waals surface area contributed by atoms with Crippen molar-refractivity contribution >= 4 is 17.1 Å². The third-order valence-electron chi connectivity index (χ3n) is 2.32. The lowest BCUT2D eigenvalue weighted by molar-refractivity contribution is -0.119. The molecule has 0 radical (unpaired) electrons. The van der Waals surface area contributed by atoms with Crippen LogP contribution in [-0.4, -0.2) is 10.8 Å². The van der Waals surface area contributed by atoms with Crippen LogP contribution >= 0.6 is 11.3 Å². The fourth-order valence-electron chi connectivity index (χ4n) is 1.30. The van der Waals surface area contributed by atoms with Crippen molar-refractivity contribution in [1.29, 1.82) is 0 Å². The minimum absolute atomic E-state index is 0.310. The molecular formula is C11H17NOS. The summed E-state index contributed by atoms with van der Waals surface area (Å²) < 4.78 is 0. The van der Waals surface area contributed by atoms with Crippen LogP contribution < -0.4 is 0 Å². The number of hydrogen-bond donors (Lipinski definition) is 0. The van der Waals surface area contributed by atoms with Gasteiger partial charge in [-0.1, -0.05) is 20.3 Å². The molecule has 0 N–H and O–H groups in total. The van der Waals surface area contributed by atoms with Crippen molar-refractivity contribution in [2.45, 2.75) is 40.0 Å². The summed E-state index contributed by atoms with van der Waals surface area (Å²) in [6, 6.07) is 0. The molecule has 1 rings (SSSR count). The lowest BCUT2D eigenvalue weighted by atomic mass is 10.00. The van der Waals surface area contributed by atoms with Crippen LogP contribution in [0.25, 0.3) is 0 Å². The van der Waals surface area contributed by atoms with Crippen LogP contribution in [0.4, 0.5) is 0 Å². The van der Waals surface area contributed by atoms with E-state index in [9.17, 15) is 4.79 Å². The molecule has 2 nitrogen and oxygen atoms in total. The van der Waals surface area contributed by atoms with Crippen LogP contribution in [0.15, 0.2) is 5.38 Å². The van der Waals surface area contributed by atoms with Gasteiger partial charge in [-0.15, -0.1) is 11.3 Å². The Morgan fingerprint density at radius 1 is 1.64 bits per heavy atom. The predicted molar refractivity (Wildman–Crippen MR) is 59.6 cm³/mol. The third kappa shape index (κ3) is 3.58. The summed E-state index contributed by atoms with van der Waals surface area (Å²) in [5.41, 5.74) is 0.931. The first kappa shape index (κ1) is 11.4. The smallest absolute Gasteiger partial charge is 0.139 e. The number of aryl methyl sites for hydroxylation is 1. The van der Waals surface area contributed by atoms with Gasteiger partial charge in [0.2, 0.25) is 0 Å². The summed E-state index contributed by atoms with van der Waals surface area (Å²) in [5, 5.41) is 3.01. The molecular weight excluding hydrogens is 194 g/mol. The summed E-state index contributed by atoms with van der Waals surface area (Å²) in [6.45, 7) is 6.20. The van der Waals surface area contributed by atoms with E-state index < -0.39 is 0 Å². The summed E-state index contributed by atoms with van der Waals surface area (Å²) in [4.78, 5) is 15.8. The minimum Gasteiger partial charge on any atom is -0.299 e. The van der Waals surface area contributed by atoms with E-state index in [1.807, 2.05) is 12.3 Å². The molecule has 3 heteroatoms. The fourth-order valence-corrected chi connectivity index (χ4v) is 1.91. The first-order valence-corrected chi connectivity index (χ1v) is 5.92. The summed E-state index contributed by atoms with van der Waals surface area (Å²) >= 11 is 1.61. The van der Waals surface area contributed by atoms with Crippen molar-refractivity contribution in [3.8, 4) is 0 Å². The molecule has 1 heterocycles. The maximum absolute atomic E-state index is 11.6. The third-order valence-corrected chi connectivity index (χ3v) is 3.14. The Labute approximate surface area is 89.4 Å². The molecule has 1 aromatic rings. The highest BCUT2D eigenvalue weighted by molar-refractivity contribution is 7.09. The van der Waals surface area contributed by atoms with Crippen LogP contribution in [0, 0.1) is 12.8 Å². The van der Waals surface area contributed by atoms with E-state index in [0.717, 1.165) is 17.1 Å². The number of rotatable bonds is 5. The average molecular weight is 211 g/mol. The second kappa shape index (κ2) is 5.25. The van der Waals surface area contributed by atoms with Gasteiger partial charge in [-0.3, -0.25) is 4.79 Å². The molecule has 0 spiro atoms. The van der Waals surface area contributed by atoms with E-state index in [1.165, 1.54) is 0 Å². The minimum atomic E-state index is 0.310. The highest BCUT2D eigenvalue weighted by Gasteiger charge is 2.09. The molecule has 0 aromatic carbocycles. The van der Waals surface area contributed by atoms with Crippen molar-refractivity contribution in [2.24, 2.45) is 5.92 Å². The van der Waals surface area contributed by atoms with Crippen molar-refractivity contribution in [2.75, 3.05) is 0 Å². The molecule has 1 atom stereocenters. The molecule has 0 bridgehead atoms. The second-order valence-electron chi connectivity index (χ2n) is 3.79. The zero-order valence-corrected chi connectivity index (χ0v) is 9.86. The van der Waals surface area contributed by atoms with E-state index in [0.29, 0.717) is 24.5 Å². The second-order valence-corrected chi connectivity index (χ2v) is 4.85. The van der Waals surface area contributed by atoms with Crippen molar-refractivity contribution in [3.63, 3.8) is 0 Å². The van der Waals surface area contributed by atoms with E-state index in [4.69, 9.17) is 0 Å². The first-order valence-electron chi connectivity index (χ1n) is 5.04. The van der Waals surface area contributed by atoms with Gasteiger partial charge in [0.25, 0.3) is 0 Å². The quantitative estimate of drug-likeness (QED) is 0.749. The van der Waals surface area contributed by atoms with Gasteiger partial charge in [-0.05, 0) is 12.8 Å². The Kier molecular flexibility index (Phi) is 4.26. The zero-order valence-electron chi connectivity index (χ0n) is 9.04. The number of carbonyl (C=O) groups excluding carboxylic acids is 1. The summed E-state index contributed by atoms with van der Waals surface area (Å²) in [6.07, 6.45) is 2.27. The maximum Gasteiger partial charge on any atom is 0.139 e. The fraction of sp³-hybridized carbons (Fsp3) is 0.636. The van der Waals surface area contributed by atoms with Crippen LogP contribution in [0.5, 0.6) is 0 Å². The molecule has 0 saturated heterocycles. The van der Waals surface area contributed by atoms with Gasteiger partial charge in [0.15, 0.2) is 0 Å². The number of ketones is 1. The van der Waals surface area contributed by atoms with E-state index >= 15 is 0 Å². The number of carbonyl (C=O) groups is 1. The number of nitrogens with zero attached hydrogens (tertiary/aromatic N) is 1. The summed E-state index contributed by atoms with van der Waals surface area (Å²) in [5.74, 6) is 0.812. The molecule has 14 heavy (non-hydrogen) atoms. The highest BCUT2D eigenvalue weighted by atomic mass is 32.1. The molecule has 0 saturated carbocycles. The first-order chi connectivity index (χ1) is 6.61. The van der Waals surface area contributed by atoms with Crippen molar-refractivity contribution < 1.29 is 4.79 Å². The van der Waals surface area contributed by atoms with E-state index in [1.54, 1.807) is 11.3 Å². The Balaban J connectivity index is 2.41. The van der Waals surface area contributed by atoms with Crippen molar-refractivity contribution in [1.82, 2.24) is 4.98 Å². The number of aromatic nitrogens is 1. The van der Waals surface area contributed by atoms with Crippen LogP contribution in [0.2, 0.25) is 0 Å². The molecule has 78 valence electrons. The highest BCUT2D eigenvalue weighted by Crippen LogP contribution is 2.12. The molecule has 0 aliphatic carbocycles. The SMILES string of the molecule is CCC(C)CC(=O)Cc1csc(C)n1. The van der Waals surface area contributed by atoms with Gasteiger partial charge in [0.05, 0.1) is 10.7 Å². The number of hydrogen-bond acceptors (Lipinski definition) is 3. The Hall–Kier alpha value is -0.700. The molecule has 0 aliphatic rings. The van der Waals surface area contributed by atoms with Gasteiger partial charge >= 0.3 is 0 Å². The number of Topliss-reactive ketones (excluding diaryl/α,β-unsaturated/α-hetero) is 1. The number of thiazole rings is 1. The monoisotopic (exact) mass is 211 g/mol. The molecule has 0 fully saturated rings. The van der Waals surface area contributed by atoms with Crippen LogP contribution in [-0.2, 0) is 11.2 Å². The average Bonchev–Trinajstić information content (AvgIpc) is 2.50. The van der Waals surface area contributed by atoms with Crippen molar-refractivity contribution in [3.05, 3.63) is 16.1 Å². The predicted octanol–water partition coefficient (Wildman–Crippen LogP) is 3.00. The molecule has 1 unspecified atom stereocenters. The Bertz CT molecular complexity index is 306. The van der Waals surface area contributed by atoms with Gasteiger partial charge < -0.3 is 0 Å². The van der Waals surface area contributed by atoms with E-state index in [-0.39, 0.29) is 0 Å². The lowest BCUT2D eigenvalue weighted by Gasteiger charge is -2.05. The lowest BCUT2D eigenvalue weighted by Crippen LogP contribution is -2.08. The topological polar surface area (TPSA) is 30.0 Å². The van der Waals surface area contributed by atoms with Gasteiger partial charge in [-0.25, -0.2) is 4.98 Å². The molecule has 0 aliphatic heterocycles. The van der Waals surface area contributed by atoms with E-state index in [2.05, 4.69) is 18.8 Å². The molecule has 0 amide bonds. The van der Waals surface area contributed by atoms with Crippen LogP contribution in [0.3, 0.4) is 0 Å².